The molecule has 0 aromatic rings. The SMILES string of the molecule is CCCCOCCCCNCCCCOCCCC. The molecular formula is C16H35NO2. The normalized spacial score (nSPS) is 11.1. The molecule has 0 bridgehead atoms. The molecule has 1 N–H and O–H groups in total. The molecule has 0 fully saturated rings. The van der Waals surface area contributed by atoms with Crippen molar-refractivity contribution >= 4 is 0 Å². The standard InChI is InChI=1S/C16H35NO2/c1-3-5-13-18-15-9-7-11-17-12-8-10-16-19-14-6-4-2/h17H,3-16H2,1-2H3. The summed E-state index contributed by atoms with van der Waals surface area (Å²) in [6.07, 6.45) is 9.64. The van der Waals surface area contributed by atoms with Crippen LogP contribution in [-0.2, 0) is 9.47 Å². The number of hydrogen-bond acceptors (Lipinski definition) is 3. The van der Waals surface area contributed by atoms with Crippen molar-refractivity contribution in [2.45, 2.75) is 65.2 Å². The third-order valence-electron chi connectivity index (χ3n) is 3.07. The first-order chi connectivity index (χ1) is 9.41. The van der Waals surface area contributed by atoms with Gasteiger partial charge in [0, 0.05) is 26.4 Å². The lowest BCUT2D eigenvalue weighted by atomic mass is 10.3. The second-order valence-electron chi connectivity index (χ2n) is 5.10. The minimum absolute atomic E-state index is 0.924. The molecular weight excluding hydrogens is 238 g/mol. The highest BCUT2D eigenvalue weighted by atomic mass is 16.5. The Bertz CT molecular complexity index is 138. The number of nitrogens with one attached hydrogen (secondary N) is 1. The van der Waals surface area contributed by atoms with Crippen molar-refractivity contribution < 1.29 is 9.47 Å². The van der Waals surface area contributed by atoms with E-state index in [9.17, 15) is 0 Å². The molecule has 0 aliphatic carbocycles. The number of rotatable bonds is 16. The lowest BCUT2D eigenvalue weighted by Crippen LogP contribution is -2.17. The van der Waals surface area contributed by atoms with Gasteiger partial charge in [-0.25, -0.2) is 0 Å². The first-order valence-electron chi connectivity index (χ1n) is 8.28. The molecule has 0 saturated heterocycles. The summed E-state index contributed by atoms with van der Waals surface area (Å²) in [5, 5.41) is 3.48. The smallest absolute Gasteiger partial charge is 0.0466 e. The molecule has 0 aliphatic rings. The first-order valence-corrected chi connectivity index (χ1v) is 8.28. The molecule has 0 heterocycles. The van der Waals surface area contributed by atoms with Gasteiger partial charge in [-0.1, -0.05) is 26.7 Å². The fourth-order valence-corrected chi connectivity index (χ4v) is 1.73. The highest BCUT2D eigenvalue weighted by Gasteiger charge is 1.92. The summed E-state index contributed by atoms with van der Waals surface area (Å²) in [7, 11) is 0. The van der Waals surface area contributed by atoms with Gasteiger partial charge in [-0.2, -0.15) is 0 Å². The predicted molar refractivity (Wildman–Crippen MR) is 82.8 cm³/mol. The fraction of sp³-hybridized carbons (Fsp3) is 1.00. The van der Waals surface area contributed by atoms with Crippen LogP contribution in [0.1, 0.15) is 65.2 Å². The Hall–Kier alpha value is -0.120. The van der Waals surface area contributed by atoms with Crippen LogP contribution in [0.15, 0.2) is 0 Å². The van der Waals surface area contributed by atoms with Crippen LogP contribution in [0.4, 0.5) is 0 Å². The van der Waals surface area contributed by atoms with Crippen LogP contribution in [-0.4, -0.2) is 39.5 Å². The van der Waals surface area contributed by atoms with Crippen molar-refractivity contribution in [2.24, 2.45) is 0 Å². The maximum atomic E-state index is 5.52. The van der Waals surface area contributed by atoms with Gasteiger partial charge in [0.05, 0.1) is 0 Å². The predicted octanol–water partition coefficient (Wildman–Crippen LogP) is 3.77. The zero-order chi connectivity index (χ0) is 14.0. The third kappa shape index (κ3) is 17.9. The van der Waals surface area contributed by atoms with Crippen LogP contribution in [0.2, 0.25) is 0 Å². The van der Waals surface area contributed by atoms with Gasteiger partial charge in [0.15, 0.2) is 0 Å². The maximum Gasteiger partial charge on any atom is 0.0466 e. The van der Waals surface area contributed by atoms with E-state index in [-0.39, 0.29) is 0 Å². The summed E-state index contributed by atoms with van der Waals surface area (Å²) in [5.41, 5.74) is 0. The van der Waals surface area contributed by atoms with E-state index in [1.54, 1.807) is 0 Å². The monoisotopic (exact) mass is 273 g/mol. The minimum atomic E-state index is 0.924. The van der Waals surface area contributed by atoms with E-state index in [1.165, 1.54) is 51.4 Å². The molecule has 3 nitrogen and oxygen atoms in total. The Morgan fingerprint density at radius 2 is 1.00 bits per heavy atom. The van der Waals surface area contributed by atoms with E-state index in [2.05, 4.69) is 19.2 Å². The first kappa shape index (κ1) is 18.9. The molecule has 0 saturated carbocycles. The molecule has 0 aromatic carbocycles. The van der Waals surface area contributed by atoms with E-state index < -0.39 is 0 Å². The highest BCUT2D eigenvalue weighted by molar-refractivity contribution is 4.49. The van der Waals surface area contributed by atoms with Gasteiger partial charge in [0.2, 0.25) is 0 Å². The Morgan fingerprint density at radius 1 is 0.579 bits per heavy atom. The van der Waals surface area contributed by atoms with E-state index in [0.29, 0.717) is 0 Å². The molecule has 0 aromatic heterocycles. The largest absolute Gasteiger partial charge is 0.381 e. The summed E-state index contributed by atoms with van der Waals surface area (Å²) < 4.78 is 11.0. The van der Waals surface area contributed by atoms with Crippen molar-refractivity contribution in [1.29, 1.82) is 0 Å². The van der Waals surface area contributed by atoms with Crippen molar-refractivity contribution in [3.63, 3.8) is 0 Å². The lowest BCUT2D eigenvalue weighted by Gasteiger charge is -2.06. The molecule has 0 rings (SSSR count). The number of hydrogen-bond donors (Lipinski definition) is 1. The average molecular weight is 273 g/mol. The van der Waals surface area contributed by atoms with E-state index in [4.69, 9.17) is 9.47 Å². The van der Waals surface area contributed by atoms with Crippen LogP contribution in [0.25, 0.3) is 0 Å². The Labute approximate surface area is 120 Å². The minimum Gasteiger partial charge on any atom is -0.381 e. The average Bonchev–Trinajstić information content (AvgIpc) is 2.43. The van der Waals surface area contributed by atoms with Crippen molar-refractivity contribution in [2.75, 3.05) is 39.5 Å². The van der Waals surface area contributed by atoms with Gasteiger partial charge in [-0.05, 0) is 51.6 Å². The molecule has 0 unspecified atom stereocenters. The zero-order valence-electron chi connectivity index (χ0n) is 13.2. The molecule has 0 radical (unpaired) electrons. The third-order valence-corrected chi connectivity index (χ3v) is 3.07. The molecule has 0 spiro atoms. The zero-order valence-corrected chi connectivity index (χ0v) is 13.2. The van der Waals surface area contributed by atoms with E-state index >= 15 is 0 Å². The van der Waals surface area contributed by atoms with Crippen LogP contribution in [0, 0.1) is 0 Å². The Morgan fingerprint density at radius 3 is 1.42 bits per heavy atom. The second kappa shape index (κ2) is 17.9. The fourth-order valence-electron chi connectivity index (χ4n) is 1.73. The van der Waals surface area contributed by atoms with Crippen molar-refractivity contribution in [1.82, 2.24) is 5.32 Å². The second-order valence-corrected chi connectivity index (χ2v) is 5.10. The number of unbranched alkanes of at least 4 members (excludes halogenated alkanes) is 4. The highest BCUT2D eigenvalue weighted by Crippen LogP contribution is 1.94. The summed E-state index contributed by atoms with van der Waals surface area (Å²) in [5.74, 6) is 0. The molecule has 0 amide bonds. The van der Waals surface area contributed by atoms with Gasteiger partial charge >= 0.3 is 0 Å². The van der Waals surface area contributed by atoms with Crippen LogP contribution in [0.5, 0.6) is 0 Å². The number of ether oxygens (including phenoxy) is 2. The summed E-state index contributed by atoms with van der Waals surface area (Å²) >= 11 is 0. The molecule has 3 heteroatoms. The van der Waals surface area contributed by atoms with Crippen molar-refractivity contribution in [3.8, 4) is 0 Å². The lowest BCUT2D eigenvalue weighted by molar-refractivity contribution is 0.126. The van der Waals surface area contributed by atoms with Crippen LogP contribution in [0.3, 0.4) is 0 Å². The van der Waals surface area contributed by atoms with Crippen LogP contribution >= 0.6 is 0 Å². The van der Waals surface area contributed by atoms with Gasteiger partial charge in [-0.3, -0.25) is 0 Å². The van der Waals surface area contributed by atoms with Gasteiger partial charge in [-0.15, -0.1) is 0 Å². The molecule has 0 aliphatic heterocycles. The van der Waals surface area contributed by atoms with E-state index in [0.717, 1.165) is 39.5 Å². The molecule has 19 heavy (non-hydrogen) atoms. The molecule has 116 valence electrons. The maximum absolute atomic E-state index is 5.52. The summed E-state index contributed by atoms with van der Waals surface area (Å²) in [6, 6.07) is 0. The molecule has 0 atom stereocenters. The van der Waals surface area contributed by atoms with E-state index in [1.807, 2.05) is 0 Å². The van der Waals surface area contributed by atoms with Crippen LogP contribution < -0.4 is 5.32 Å². The summed E-state index contributed by atoms with van der Waals surface area (Å²) in [6.45, 7) is 10.3. The Balaban J connectivity index is 2.88. The van der Waals surface area contributed by atoms with Gasteiger partial charge < -0.3 is 14.8 Å². The quantitative estimate of drug-likeness (QED) is 0.434. The summed E-state index contributed by atoms with van der Waals surface area (Å²) in [4.78, 5) is 0. The van der Waals surface area contributed by atoms with Gasteiger partial charge in [0.1, 0.15) is 0 Å². The topological polar surface area (TPSA) is 30.5 Å². The van der Waals surface area contributed by atoms with Gasteiger partial charge in [0.25, 0.3) is 0 Å². The Kier molecular flexibility index (Phi) is 17.8. The van der Waals surface area contributed by atoms with Crippen molar-refractivity contribution in [3.05, 3.63) is 0 Å².